The maximum Gasteiger partial charge on any atom is 0.321 e. The van der Waals surface area contributed by atoms with Crippen molar-refractivity contribution >= 4 is 29.1 Å². The van der Waals surface area contributed by atoms with E-state index in [0.29, 0.717) is 30.2 Å². The van der Waals surface area contributed by atoms with Gasteiger partial charge in [0.05, 0.1) is 5.92 Å². The van der Waals surface area contributed by atoms with Crippen LogP contribution in [-0.4, -0.2) is 45.3 Å². The largest absolute Gasteiger partial charge is 0.331 e. The lowest BCUT2D eigenvalue weighted by molar-refractivity contribution is -0.121. The molecule has 1 aliphatic heterocycles. The quantitative estimate of drug-likeness (QED) is 0.604. The van der Waals surface area contributed by atoms with Crippen molar-refractivity contribution in [1.29, 1.82) is 0 Å². The second-order valence-electron chi connectivity index (χ2n) is 7.84. The van der Waals surface area contributed by atoms with E-state index in [1.165, 1.54) is 0 Å². The molecule has 0 saturated carbocycles. The molecule has 0 radical (unpaired) electrons. The first-order valence-corrected chi connectivity index (χ1v) is 10.5. The molecule has 2 aromatic carbocycles. The van der Waals surface area contributed by atoms with E-state index >= 15 is 0 Å². The maximum absolute atomic E-state index is 12.8. The number of rotatable bonds is 5. The van der Waals surface area contributed by atoms with E-state index in [1.54, 1.807) is 53.2 Å². The first kappa shape index (κ1) is 21.3. The van der Waals surface area contributed by atoms with E-state index in [1.807, 2.05) is 30.3 Å². The lowest BCUT2D eigenvalue weighted by Gasteiger charge is -2.32. The first-order valence-electron chi connectivity index (χ1n) is 10.5. The molecular formula is C24H25N5O3. The summed E-state index contributed by atoms with van der Waals surface area (Å²) in [5, 5.41) is 5.77. The number of aryl methyl sites for hydroxylation is 1. The third-order valence-corrected chi connectivity index (χ3v) is 5.54. The Bertz CT molecular complexity index is 1110. The Morgan fingerprint density at radius 1 is 0.969 bits per heavy atom. The van der Waals surface area contributed by atoms with Crippen molar-refractivity contribution in [1.82, 2.24) is 14.5 Å². The maximum atomic E-state index is 12.8. The fourth-order valence-corrected chi connectivity index (χ4v) is 3.76. The van der Waals surface area contributed by atoms with Crippen LogP contribution in [0, 0.1) is 5.92 Å². The molecule has 32 heavy (non-hydrogen) atoms. The highest BCUT2D eigenvalue weighted by Gasteiger charge is 2.28. The highest BCUT2D eigenvalue weighted by atomic mass is 16.2. The number of urea groups is 1. The molecule has 0 bridgehead atoms. The standard InChI is InChI=1S/C24H25N5O3/c1-28-15-13-25-22(28)21(30)17-9-11-20(12-10-17)26-23(31)18-6-5-14-29(16-18)24(32)27-19-7-3-2-4-8-19/h2-4,7-13,15,18H,5-6,14,16H2,1H3,(H,26,31)(H,27,32). The van der Waals surface area contributed by atoms with E-state index in [0.717, 1.165) is 18.5 Å². The van der Waals surface area contributed by atoms with Crippen LogP contribution in [0.1, 0.15) is 29.0 Å². The number of para-hydroxylation sites is 1. The summed E-state index contributed by atoms with van der Waals surface area (Å²) >= 11 is 0. The number of anilines is 2. The number of nitrogens with zero attached hydrogens (tertiary/aromatic N) is 3. The number of amides is 3. The van der Waals surface area contributed by atoms with E-state index in [4.69, 9.17) is 0 Å². The number of piperidine rings is 1. The Balaban J connectivity index is 1.34. The van der Waals surface area contributed by atoms with Crippen LogP contribution in [0.5, 0.6) is 0 Å². The molecular weight excluding hydrogens is 406 g/mol. The summed E-state index contributed by atoms with van der Waals surface area (Å²) in [7, 11) is 1.77. The van der Waals surface area contributed by atoms with E-state index in [2.05, 4.69) is 15.6 Å². The third-order valence-electron chi connectivity index (χ3n) is 5.54. The lowest BCUT2D eigenvalue weighted by Crippen LogP contribution is -2.45. The Morgan fingerprint density at radius 3 is 2.38 bits per heavy atom. The predicted octanol–water partition coefficient (Wildman–Crippen LogP) is 3.53. The number of aromatic nitrogens is 2. The van der Waals surface area contributed by atoms with Gasteiger partial charge in [-0.2, -0.15) is 0 Å². The molecule has 0 aliphatic carbocycles. The Labute approximate surface area is 186 Å². The topological polar surface area (TPSA) is 96.3 Å². The minimum atomic E-state index is -0.292. The van der Waals surface area contributed by atoms with E-state index in [-0.39, 0.29) is 23.6 Å². The highest BCUT2D eigenvalue weighted by molar-refractivity contribution is 6.07. The molecule has 3 aromatic rings. The molecule has 1 atom stereocenters. The van der Waals surface area contributed by atoms with Gasteiger partial charge in [-0.3, -0.25) is 9.59 Å². The average Bonchev–Trinajstić information content (AvgIpc) is 3.25. The number of benzene rings is 2. The fourth-order valence-electron chi connectivity index (χ4n) is 3.76. The summed E-state index contributed by atoms with van der Waals surface area (Å²) in [5.74, 6) is -0.245. The number of nitrogens with one attached hydrogen (secondary N) is 2. The smallest absolute Gasteiger partial charge is 0.321 e. The summed E-state index contributed by atoms with van der Waals surface area (Å²) in [6.07, 6.45) is 4.78. The number of hydrogen-bond donors (Lipinski definition) is 2. The van der Waals surface area contributed by atoms with Crippen molar-refractivity contribution in [3.8, 4) is 0 Å². The van der Waals surface area contributed by atoms with Gasteiger partial charge in [0, 0.05) is 49.5 Å². The van der Waals surface area contributed by atoms with Crippen molar-refractivity contribution in [3.05, 3.63) is 78.4 Å². The summed E-state index contributed by atoms with van der Waals surface area (Å²) < 4.78 is 1.67. The van der Waals surface area contributed by atoms with Gasteiger partial charge in [-0.25, -0.2) is 9.78 Å². The van der Waals surface area contributed by atoms with Crippen LogP contribution < -0.4 is 10.6 Å². The first-order chi connectivity index (χ1) is 15.5. The van der Waals surface area contributed by atoms with Gasteiger partial charge in [0.25, 0.3) is 0 Å². The zero-order chi connectivity index (χ0) is 22.5. The second kappa shape index (κ2) is 9.47. The zero-order valence-electron chi connectivity index (χ0n) is 17.8. The molecule has 8 nitrogen and oxygen atoms in total. The van der Waals surface area contributed by atoms with Gasteiger partial charge in [0.1, 0.15) is 0 Å². The lowest BCUT2D eigenvalue weighted by atomic mass is 9.97. The molecule has 2 heterocycles. The van der Waals surface area contributed by atoms with Crippen molar-refractivity contribution in [3.63, 3.8) is 0 Å². The van der Waals surface area contributed by atoms with Crippen LogP contribution in [0.3, 0.4) is 0 Å². The Kier molecular flexibility index (Phi) is 6.30. The van der Waals surface area contributed by atoms with Crippen LogP contribution in [0.25, 0.3) is 0 Å². The van der Waals surface area contributed by atoms with E-state index in [9.17, 15) is 14.4 Å². The van der Waals surface area contributed by atoms with Gasteiger partial charge in [-0.15, -0.1) is 0 Å². The van der Waals surface area contributed by atoms with Gasteiger partial charge >= 0.3 is 6.03 Å². The number of hydrogen-bond acceptors (Lipinski definition) is 4. The van der Waals surface area contributed by atoms with Gasteiger partial charge in [-0.1, -0.05) is 18.2 Å². The predicted molar refractivity (Wildman–Crippen MR) is 121 cm³/mol. The van der Waals surface area contributed by atoms with E-state index < -0.39 is 0 Å². The van der Waals surface area contributed by atoms with Gasteiger partial charge in [0.2, 0.25) is 11.7 Å². The third kappa shape index (κ3) is 4.85. The fraction of sp³-hybridized carbons (Fsp3) is 0.250. The van der Waals surface area contributed by atoms with Gasteiger partial charge in [0.15, 0.2) is 5.82 Å². The number of ketones is 1. The molecule has 2 N–H and O–H groups in total. The molecule has 1 unspecified atom stereocenters. The highest BCUT2D eigenvalue weighted by Crippen LogP contribution is 2.20. The Hall–Kier alpha value is -3.94. The van der Waals surface area contributed by atoms with Gasteiger partial charge in [-0.05, 0) is 49.2 Å². The van der Waals surface area contributed by atoms with Crippen molar-refractivity contribution in [2.75, 3.05) is 23.7 Å². The summed E-state index contributed by atoms with van der Waals surface area (Å²) in [5.41, 5.74) is 1.83. The molecule has 164 valence electrons. The zero-order valence-corrected chi connectivity index (χ0v) is 17.8. The van der Waals surface area contributed by atoms with Crippen LogP contribution in [0.2, 0.25) is 0 Å². The van der Waals surface area contributed by atoms with Crippen LogP contribution in [0.4, 0.5) is 16.2 Å². The molecule has 8 heteroatoms. The monoisotopic (exact) mass is 431 g/mol. The normalized spacial score (nSPS) is 15.8. The molecule has 1 fully saturated rings. The minimum Gasteiger partial charge on any atom is -0.331 e. The minimum absolute atomic E-state index is 0.134. The van der Waals surface area contributed by atoms with Crippen LogP contribution in [-0.2, 0) is 11.8 Å². The van der Waals surface area contributed by atoms with Crippen LogP contribution >= 0.6 is 0 Å². The molecule has 1 aromatic heterocycles. The van der Waals surface area contributed by atoms with Gasteiger partial charge < -0.3 is 20.1 Å². The molecule has 1 aliphatic rings. The molecule has 3 amide bonds. The summed E-state index contributed by atoms with van der Waals surface area (Å²) in [4.78, 5) is 43.6. The molecule has 0 spiro atoms. The second-order valence-corrected chi connectivity index (χ2v) is 7.84. The Morgan fingerprint density at radius 2 is 1.69 bits per heavy atom. The average molecular weight is 431 g/mol. The van der Waals surface area contributed by atoms with Crippen molar-refractivity contribution < 1.29 is 14.4 Å². The SMILES string of the molecule is Cn1ccnc1C(=O)c1ccc(NC(=O)C2CCCN(C(=O)Nc3ccccc3)C2)cc1. The molecule has 1 saturated heterocycles. The number of carbonyl (C=O) groups excluding carboxylic acids is 3. The number of imidazole rings is 1. The van der Waals surface area contributed by atoms with Crippen LogP contribution in [0.15, 0.2) is 67.0 Å². The van der Waals surface area contributed by atoms with Crippen molar-refractivity contribution in [2.45, 2.75) is 12.8 Å². The number of likely N-dealkylation sites (tertiary alicyclic amines) is 1. The summed E-state index contributed by atoms with van der Waals surface area (Å²) in [6.45, 7) is 0.979. The summed E-state index contributed by atoms with van der Waals surface area (Å²) in [6, 6.07) is 15.8. The number of carbonyl (C=O) groups is 3. The molecule has 4 rings (SSSR count). The van der Waals surface area contributed by atoms with Crippen molar-refractivity contribution in [2.24, 2.45) is 13.0 Å².